The number of hydrogen-bond donors (Lipinski definition) is 0. The molecule has 2 saturated heterocycles. The van der Waals surface area contributed by atoms with Crippen LogP contribution in [0.2, 0.25) is 0 Å². The fourth-order valence-corrected chi connectivity index (χ4v) is 5.40. The van der Waals surface area contributed by atoms with Crippen LogP contribution in [-0.2, 0) is 17.5 Å². The van der Waals surface area contributed by atoms with Crippen molar-refractivity contribution < 1.29 is 22.7 Å². The molecule has 3 heterocycles. The minimum atomic E-state index is -4.54. The molecule has 0 aliphatic carbocycles. The van der Waals surface area contributed by atoms with Gasteiger partial charge in [0.2, 0.25) is 0 Å². The Morgan fingerprint density at radius 1 is 1.11 bits per heavy atom. The molecule has 3 atom stereocenters. The van der Waals surface area contributed by atoms with Gasteiger partial charge in [0.25, 0.3) is 0 Å². The number of hydrogen-bond acceptors (Lipinski definition) is 6. The van der Waals surface area contributed by atoms with Crippen molar-refractivity contribution in [3.05, 3.63) is 54.0 Å². The van der Waals surface area contributed by atoms with E-state index in [4.69, 9.17) is 20.4 Å². The monoisotopic (exact) mass is 525 g/mol. The number of piperidine rings is 1. The largest absolute Gasteiger partial charge is 0.449 e. The molecule has 12 heteroatoms. The lowest BCUT2D eigenvalue weighted by molar-refractivity contribution is -0.141. The number of anilines is 1. The molecule has 2 aromatic rings. The van der Waals surface area contributed by atoms with Crippen LogP contribution in [-0.4, -0.2) is 85.2 Å². The number of piperazine rings is 1. The Morgan fingerprint density at radius 2 is 1.79 bits per heavy atom. The van der Waals surface area contributed by atoms with Gasteiger partial charge in [-0.1, -0.05) is 35.7 Å². The third-order valence-corrected chi connectivity index (χ3v) is 7.36. The Balaban J connectivity index is 1.24. The number of rotatable bonds is 6. The molecule has 1 aromatic carbocycles. The lowest BCUT2D eigenvalue weighted by Crippen LogP contribution is -2.59. The van der Waals surface area contributed by atoms with Crippen molar-refractivity contribution in [2.24, 2.45) is 5.92 Å². The summed E-state index contributed by atoms with van der Waals surface area (Å²) in [5.41, 5.74) is 0.127. The Labute approximate surface area is 224 Å². The summed E-state index contributed by atoms with van der Waals surface area (Å²) in [7, 11) is 12.9. The van der Waals surface area contributed by atoms with E-state index in [1.54, 1.807) is 4.90 Å². The number of amides is 1. The van der Waals surface area contributed by atoms with Gasteiger partial charge in [0.15, 0.2) is 5.69 Å². The highest BCUT2D eigenvalue weighted by atomic mass is 19.4. The summed E-state index contributed by atoms with van der Waals surface area (Å²) in [5.74, 6) is 0.588. The summed E-state index contributed by atoms with van der Waals surface area (Å²) in [4.78, 5) is 25.9. The predicted octanol–water partition coefficient (Wildman–Crippen LogP) is 3.82. The molecule has 4 rings (SSSR count). The summed E-state index contributed by atoms with van der Waals surface area (Å²) in [6.07, 6.45) is -0.895. The first kappa shape index (κ1) is 28.3. The fourth-order valence-electron chi connectivity index (χ4n) is 5.40. The van der Waals surface area contributed by atoms with Gasteiger partial charge >= 0.3 is 12.3 Å². The number of ether oxygens (including phenoxy) is 1. The first-order chi connectivity index (χ1) is 17.9. The number of halogens is 3. The average molecular weight is 525 g/mol. The van der Waals surface area contributed by atoms with E-state index in [-0.39, 0.29) is 24.6 Å². The minimum absolute atomic E-state index is 0.225. The van der Waals surface area contributed by atoms with Crippen molar-refractivity contribution in [3.8, 4) is 0 Å². The maximum atomic E-state index is 12.9. The third-order valence-electron chi connectivity index (χ3n) is 7.36. The molecule has 38 heavy (non-hydrogen) atoms. The summed E-state index contributed by atoms with van der Waals surface area (Å²) in [5, 5.41) is -0.927. The van der Waals surface area contributed by atoms with Crippen LogP contribution in [0.5, 0.6) is 0 Å². The lowest BCUT2D eigenvalue weighted by atomic mass is 9.54. The Morgan fingerprint density at radius 3 is 2.37 bits per heavy atom. The summed E-state index contributed by atoms with van der Waals surface area (Å²) in [6.45, 7) is 6.29. The summed E-state index contributed by atoms with van der Waals surface area (Å²) < 4.78 is 44.0. The van der Waals surface area contributed by atoms with Crippen LogP contribution in [0.3, 0.4) is 0 Å². The standard InChI is InChI=1S/C26H32B2F3N5O2/c1-18-15-34(23-14-32-22(13-33-23)26(29,30)31)16-19(2)36(18)24(37)38-11-9-20-8-10-35(25(27,28)12-20)17-21-6-4-3-5-7-21/h3-7,13-14,18-20H,8-12,15-17H2,1-2H3/t18-,19-,20?/m1/s1. The number of alkyl halides is 3. The van der Waals surface area contributed by atoms with Gasteiger partial charge in [-0.2, -0.15) is 13.2 Å². The average Bonchev–Trinajstić information content (AvgIpc) is 2.85. The normalized spacial score (nSPS) is 24.3. The number of likely N-dealkylation sites (tertiary alicyclic amines) is 1. The predicted molar refractivity (Wildman–Crippen MR) is 140 cm³/mol. The Bertz CT molecular complexity index is 1060. The van der Waals surface area contributed by atoms with Crippen LogP contribution in [0.25, 0.3) is 0 Å². The first-order valence-corrected chi connectivity index (χ1v) is 12.9. The van der Waals surface area contributed by atoms with Gasteiger partial charge in [-0.25, -0.2) is 14.8 Å². The van der Waals surface area contributed by atoms with Gasteiger partial charge in [-0.15, -0.1) is 0 Å². The molecule has 0 spiro atoms. The molecule has 1 unspecified atom stereocenters. The van der Waals surface area contributed by atoms with Crippen LogP contribution in [0.4, 0.5) is 23.8 Å². The molecule has 2 aliphatic heterocycles. The molecule has 2 fully saturated rings. The molecule has 0 bridgehead atoms. The van der Waals surface area contributed by atoms with Gasteiger partial charge < -0.3 is 14.5 Å². The van der Waals surface area contributed by atoms with Crippen molar-refractivity contribution in [3.63, 3.8) is 0 Å². The summed E-state index contributed by atoms with van der Waals surface area (Å²) in [6, 6.07) is 9.63. The zero-order valence-corrected chi connectivity index (χ0v) is 21.8. The molecule has 1 amide bonds. The maximum absolute atomic E-state index is 12.9. The zero-order valence-electron chi connectivity index (χ0n) is 21.8. The van der Waals surface area contributed by atoms with Crippen molar-refractivity contribution in [2.45, 2.75) is 63.3 Å². The van der Waals surface area contributed by atoms with E-state index >= 15 is 0 Å². The smallest absolute Gasteiger partial charge is 0.434 e. The SMILES string of the molecule is [B]C1([B])CC(CCOC(=O)N2[C@H](C)CN(c3cnc(C(F)(F)F)cn3)C[C@H]2C)CCN1Cc1ccccc1. The molecular formula is C26H32B2F3N5O2. The van der Waals surface area contributed by atoms with Gasteiger partial charge in [-0.3, -0.25) is 4.90 Å². The van der Waals surface area contributed by atoms with Crippen molar-refractivity contribution in [2.75, 3.05) is 31.1 Å². The highest BCUT2D eigenvalue weighted by Crippen LogP contribution is 2.31. The lowest BCUT2D eigenvalue weighted by Gasteiger charge is -2.47. The fraction of sp³-hybridized carbons (Fsp3) is 0.577. The second-order valence-corrected chi connectivity index (χ2v) is 10.4. The minimum Gasteiger partial charge on any atom is -0.449 e. The van der Waals surface area contributed by atoms with Gasteiger partial charge in [0, 0.05) is 19.6 Å². The molecule has 7 nitrogen and oxygen atoms in total. The van der Waals surface area contributed by atoms with Crippen LogP contribution in [0.1, 0.15) is 44.4 Å². The quantitative estimate of drug-likeness (QED) is 0.535. The van der Waals surface area contributed by atoms with E-state index < -0.39 is 23.3 Å². The number of nitrogens with zero attached hydrogens (tertiary/aromatic N) is 5. The van der Waals surface area contributed by atoms with Crippen molar-refractivity contribution in [1.29, 1.82) is 0 Å². The van der Waals surface area contributed by atoms with E-state index in [1.165, 1.54) is 0 Å². The number of carbonyl (C=O) groups excluding carboxylic acids is 1. The van der Waals surface area contributed by atoms with E-state index in [2.05, 4.69) is 27.0 Å². The van der Waals surface area contributed by atoms with E-state index in [9.17, 15) is 18.0 Å². The topological polar surface area (TPSA) is 61.8 Å². The van der Waals surface area contributed by atoms with E-state index in [0.29, 0.717) is 38.3 Å². The highest BCUT2D eigenvalue weighted by Gasteiger charge is 2.37. The van der Waals surface area contributed by atoms with Gasteiger partial charge in [0.05, 0.1) is 46.8 Å². The molecule has 1 aromatic heterocycles. The number of benzene rings is 1. The Kier molecular flexibility index (Phi) is 8.59. The highest BCUT2D eigenvalue weighted by molar-refractivity contribution is 6.40. The first-order valence-electron chi connectivity index (χ1n) is 12.9. The maximum Gasteiger partial charge on any atom is 0.434 e. The molecule has 200 valence electrons. The molecule has 0 N–H and O–H groups in total. The molecule has 2 aliphatic rings. The van der Waals surface area contributed by atoms with Crippen LogP contribution >= 0.6 is 0 Å². The zero-order chi connectivity index (χ0) is 27.5. The number of carbonyl (C=O) groups is 1. The van der Waals surface area contributed by atoms with Crippen LogP contribution in [0.15, 0.2) is 42.7 Å². The number of aromatic nitrogens is 2. The van der Waals surface area contributed by atoms with Crippen molar-refractivity contribution >= 4 is 27.6 Å². The third kappa shape index (κ3) is 6.81. The van der Waals surface area contributed by atoms with E-state index in [1.807, 2.05) is 36.9 Å². The molecule has 0 saturated carbocycles. The second-order valence-electron chi connectivity index (χ2n) is 10.4. The second kappa shape index (κ2) is 11.6. The molecule has 4 radical (unpaired) electrons. The van der Waals surface area contributed by atoms with Gasteiger partial charge in [-0.05, 0) is 51.1 Å². The van der Waals surface area contributed by atoms with Crippen LogP contribution < -0.4 is 4.90 Å². The van der Waals surface area contributed by atoms with Gasteiger partial charge in [0.1, 0.15) is 5.82 Å². The van der Waals surface area contributed by atoms with Crippen molar-refractivity contribution in [1.82, 2.24) is 19.8 Å². The van der Waals surface area contributed by atoms with Crippen LogP contribution in [0, 0.1) is 5.92 Å². The Hall–Kier alpha value is -2.75. The summed E-state index contributed by atoms with van der Waals surface area (Å²) >= 11 is 0. The van der Waals surface area contributed by atoms with E-state index in [0.717, 1.165) is 30.9 Å². The molecular weight excluding hydrogens is 493 g/mol.